The number of rotatable bonds is 3. The fourth-order valence-corrected chi connectivity index (χ4v) is 1.81. The number of hydrogen-bond donors (Lipinski definition) is 3. The Bertz CT molecular complexity index is 608. The summed E-state index contributed by atoms with van der Waals surface area (Å²) in [7, 11) is 0. The van der Waals surface area contributed by atoms with Crippen LogP contribution in [-0.4, -0.2) is 16.1 Å². The van der Waals surface area contributed by atoms with Crippen LogP contribution in [0.25, 0.3) is 0 Å². The maximum Gasteiger partial charge on any atom is 0.228 e. The lowest BCUT2D eigenvalue weighted by Gasteiger charge is -2.09. The van der Waals surface area contributed by atoms with E-state index < -0.39 is 0 Å². The van der Waals surface area contributed by atoms with Gasteiger partial charge < -0.3 is 15.5 Å². The van der Waals surface area contributed by atoms with E-state index in [-0.39, 0.29) is 23.8 Å². The predicted octanol–water partition coefficient (Wildman–Crippen LogP) is 2.59. The van der Waals surface area contributed by atoms with Crippen LogP contribution in [0.3, 0.4) is 0 Å². The highest BCUT2D eigenvalue weighted by molar-refractivity contribution is 5.93. The van der Waals surface area contributed by atoms with Crippen LogP contribution >= 0.6 is 0 Å². The molecule has 0 saturated carbocycles. The lowest BCUT2D eigenvalue weighted by Crippen LogP contribution is -2.15. The van der Waals surface area contributed by atoms with Gasteiger partial charge in [0.25, 0.3) is 0 Å². The van der Waals surface area contributed by atoms with E-state index in [1.54, 1.807) is 49.4 Å². The van der Waals surface area contributed by atoms with Crippen LogP contribution in [0, 0.1) is 6.92 Å². The normalized spacial score (nSPS) is 10.2. The summed E-state index contributed by atoms with van der Waals surface area (Å²) >= 11 is 0. The molecule has 4 heteroatoms. The zero-order chi connectivity index (χ0) is 13.8. The summed E-state index contributed by atoms with van der Waals surface area (Å²) in [5.41, 5.74) is 1.95. The summed E-state index contributed by atoms with van der Waals surface area (Å²) in [6, 6.07) is 11.5. The molecule has 0 aliphatic heterocycles. The van der Waals surface area contributed by atoms with Crippen LogP contribution in [0.4, 0.5) is 5.69 Å². The summed E-state index contributed by atoms with van der Waals surface area (Å²) < 4.78 is 0. The molecule has 2 aromatic carbocycles. The second kappa shape index (κ2) is 5.44. The number of nitrogens with one attached hydrogen (secondary N) is 1. The van der Waals surface area contributed by atoms with E-state index in [1.165, 1.54) is 0 Å². The molecule has 0 radical (unpaired) electrons. The fraction of sp³-hybridized carbons (Fsp3) is 0.133. The van der Waals surface area contributed by atoms with Crippen molar-refractivity contribution >= 4 is 11.6 Å². The van der Waals surface area contributed by atoms with E-state index in [9.17, 15) is 15.0 Å². The molecule has 0 atom stereocenters. The van der Waals surface area contributed by atoms with Crippen molar-refractivity contribution in [3.05, 3.63) is 53.6 Å². The molecule has 19 heavy (non-hydrogen) atoms. The molecule has 0 aromatic heterocycles. The molecule has 0 heterocycles. The number of phenols is 2. The third kappa shape index (κ3) is 3.25. The minimum Gasteiger partial charge on any atom is -0.508 e. The van der Waals surface area contributed by atoms with E-state index >= 15 is 0 Å². The Morgan fingerprint density at radius 1 is 1.16 bits per heavy atom. The van der Waals surface area contributed by atoms with Crippen LogP contribution in [0.5, 0.6) is 11.5 Å². The fourth-order valence-electron chi connectivity index (χ4n) is 1.81. The van der Waals surface area contributed by atoms with Crippen LogP contribution in [0.2, 0.25) is 0 Å². The summed E-state index contributed by atoms with van der Waals surface area (Å²) in [6.45, 7) is 1.74. The number of carbonyl (C=O) groups excluding carboxylic acids is 1. The molecular weight excluding hydrogens is 242 g/mol. The van der Waals surface area contributed by atoms with Gasteiger partial charge in [0.15, 0.2) is 0 Å². The average molecular weight is 257 g/mol. The van der Waals surface area contributed by atoms with Gasteiger partial charge in [-0.25, -0.2) is 0 Å². The van der Waals surface area contributed by atoms with Crippen molar-refractivity contribution in [2.45, 2.75) is 13.3 Å². The quantitative estimate of drug-likeness (QED) is 0.791. The number of aromatic hydroxyl groups is 2. The summed E-state index contributed by atoms with van der Waals surface area (Å²) in [4.78, 5) is 11.9. The van der Waals surface area contributed by atoms with Gasteiger partial charge >= 0.3 is 0 Å². The zero-order valence-corrected chi connectivity index (χ0v) is 10.6. The third-order valence-electron chi connectivity index (χ3n) is 2.85. The van der Waals surface area contributed by atoms with Crippen LogP contribution in [0.1, 0.15) is 11.1 Å². The van der Waals surface area contributed by atoms with Gasteiger partial charge in [0.1, 0.15) is 11.5 Å². The van der Waals surface area contributed by atoms with Crippen LogP contribution < -0.4 is 5.32 Å². The average Bonchev–Trinajstić information content (AvgIpc) is 2.35. The van der Waals surface area contributed by atoms with Gasteiger partial charge in [-0.05, 0) is 36.8 Å². The molecule has 0 unspecified atom stereocenters. The molecule has 4 nitrogen and oxygen atoms in total. The zero-order valence-electron chi connectivity index (χ0n) is 10.6. The Kier molecular flexibility index (Phi) is 3.71. The van der Waals surface area contributed by atoms with Gasteiger partial charge in [0, 0.05) is 11.3 Å². The maximum absolute atomic E-state index is 11.9. The number of anilines is 1. The minimum atomic E-state index is -0.195. The minimum absolute atomic E-state index is 0.138. The van der Waals surface area contributed by atoms with Crippen molar-refractivity contribution in [1.82, 2.24) is 0 Å². The van der Waals surface area contributed by atoms with E-state index in [2.05, 4.69) is 5.32 Å². The second-order valence-corrected chi connectivity index (χ2v) is 4.34. The Labute approximate surface area is 111 Å². The molecule has 0 aliphatic rings. The van der Waals surface area contributed by atoms with Crippen molar-refractivity contribution in [3.63, 3.8) is 0 Å². The first-order chi connectivity index (χ1) is 9.06. The molecule has 0 spiro atoms. The number of carbonyl (C=O) groups is 1. The van der Waals surface area contributed by atoms with Crippen LogP contribution in [-0.2, 0) is 11.2 Å². The highest BCUT2D eigenvalue weighted by Gasteiger charge is 2.08. The van der Waals surface area contributed by atoms with E-state index in [4.69, 9.17) is 0 Å². The molecule has 1 amide bonds. The summed E-state index contributed by atoms with van der Waals surface area (Å²) in [5.74, 6) is 0.0910. The number of hydrogen-bond acceptors (Lipinski definition) is 3. The third-order valence-corrected chi connectivity index (χ3v) is 2.85. The molecule has 0 fully saturated rings. The van der Waals surface area contributed by atoms with Gasteiger partial charge in [-0.1, -0.05) is 18.2 Å². The SMILES string of the molecule is Cc1c(O)cccc1NC(=O)Cc1cccc(O)c1. The molecule has 98 valence electrons. The smallest absolute Gasteiger partial charge is 0.228 e. The lowest BCUT2D eigenvalue weighted by atomic mass is 10.1. The summed E-state index contributed by atoms with van der Waals surface area (Å²) in [5, 5.41) is 21.6. The van der Waals surface area contributed by atoms with E-state index in [0.29, 0.717) is 11.3 Å². The molecule has 0 bridgehead atoms. The number of amides is 1. The van der Waals surface area contributed by atoms with E-state index in [0.717, 1.165) is 5.56 Å². The molecule has 3 N–H and O–H groups in total. The Hall–Kier alpha value is -2.49. The van der Waals surface area contributed by atoms with Crippen LogP contribution in [0.15, 0.2) is 42.5 Å². The van der Waals surface area contributed by atoms with Crippen molar-refractivity contribution in [3.8, 4) is 11.5 Å². The van der Waals surface area contributed by atoms with E-state index in [1.807, 2.05) is 0 Å². The van der Waals surface area contributed by atoms with Crippen molar-refractivity contribution in [2.24, 2.45) is 0 Å². The Morgan fingerprint density at radius 2 is 1.89 bits per heavy atom. The lowest BCUT2D eigenvalue weighted by molar-refractivity contribution is -0.115. The van der Waals surface area contributed by atoms with Gasteiger partial charge in [0.2, 0.25) is 5.91 Å². The van der Waals surface area contributed by atoms with Gasteiger partial charge in [-0.2, -0.15) is 0 Å². The van der Waals surface area contributed by atoms with Crippen molar-refractivity contribution in [2.75, 3.05) is 5.32 Å². The monoisotopic (exact) mass is 257 g/mol. The summed E-state index contributed by atoms with van der Waals surface area (Å²) in [6.07, 6.45) is 0.170. The molecular formula is C15H15NO3. The first-order valence-electron chi connectivity index (χ1n) is 5.92. The topological polar surface area (TPSA) is 69.6 Å². The molecule has 2 aromatic rings. The van der Waals surface area contributed by atoms with Gasteiger partial charge in [0.05, 0.1) is 6.42 Å². The number of benzene rings is 2. The van der Waals surface area contributed by atoms with Gasteiger partial charge in [-0.3, -0.25) is 4.79 Å². The highest BCUT2D eigenvalue weighted by atomic mass is 16.3. The predicted molar refractivity (Wildman–Crippen MR) is 73.3 cm³/mol. The molecule has 0 aliphatic carbocycles. The number of phenolic OH excluding ortho intramolecular Hbond substituents is 2. The standard InChI is InChI=1S/C15H15NO3/c1-10-13(6-3-7-14(10)18)16-15(19)9-11-4-2-5-12(17)8-11/h2-8,17-18H,9H2,1H3,(H,16,19). The molecule has 0 saturated heterocycles. The molecule has 2 rings (SSSR count). The van der Waals surface area contributed by atoms with Crippen molar-refractivity contribution < 1.29 is 15.0 Å². The Balaban J connectivity index is 2.08. The van der Waals surface area contributed by atoms with Gasteiger partial charge in [-0.15, -0.1) is 0 Å². The second-order valence-electron chi connectivity index (χ2n) is 4.34. The Morgan fingerprint density at radius 3 is 2.63 bits per heavy atom. The first kappa shape index (κ1) is 13.0. The first-order valence-corrected chi connectivity index (χ1v) is 5.92. The largest absolute Gasteiger partial charge is 0.508 e. The maximum atomic E-state index is 11.9. The van der Waals surface area contributed by atoms with Crippen molar-refractivity contribution in [1.29, 1.82) is 0 Å². The highest BCUT2D eigenvalue weighted by Crippen LogP contribution is 2.24.